The molecule has 122 valence electrons. The van der Waals surface area contributed by atoms with Crippen molar-refractivity contribution in [2.75, 3.05) is 19.6 Å². The number of carbonyl (C=O) groups excluding carboxylic acids is 1. The Bertz CT molecular complexity index is 391. The molecule has 1 aliphatic carbocycles. The predicted molar refractivity (Wildman–Crippen MR) is 83.6 cm³/mol. The summed E-state index contributed by atoms with van der Waals surface area (Å²) in [7, 11) is 0. The van der Waals surface area contributed by atoms with Gasteiger partial charge in [0.05, 0.1) is 11.5 Å². The Balaban J connectivity index is 0.00000220. The van der Waals surface area contributed by atoms with E-state index >= 15 is 0 Å². The van der Waals surface area contributed by atoms with Crippen molar-refractivity contribution in [1.29, 1.82) is 0 Å². The van der Waals surface area contributed by atoms with Crippen molar-refractivity contribution in [2.45, 2.75) is 52.0 Å². The molecule has 0 aromatic carbocycles. The van der Waals surface area contributed by atoms with Gasteiger partial charge in [-0.05, 0) is 32.1 Å². The SMILES string of the molecule is CCCCNC(=O)C(C)N1C[C@@H]2CCC[C@@]2(C(=O)O)C1.Cl. The molecule has 0 bridgehead atoms. The fraction of sp³-hybridized carbons (Fsp3) is 0.867. The van der Waals surface area contributed by atoms with Crippen LogP contribution in [0.25, 0.3) is 0 Å². The zero-order chi connectivity index (χ0) is 14.8. The summed E-state index contributed by atoms with van der Waals surface area (Å²) in [6.45, 7) is 5.96. The molecule has 2 fully saturated rings. The number of carboxylic acid groups (broad SMARTS) is 1. The molecule has 0 aromatic heterocycles. The summed E-state index contributed by atoms with van der Waals surface area (Å²) < 4.78 is 0. The molecule has 0 radical (unpaired) electrons. The van der Waals surface area contributed by atoms with Crippen molar-refractivity contribution in [1.82, 2.24) is 10.2 Å². The van der Waals surface area contributed by atoms with Gasteiger partial charge in [0.1, 0.15) is 0 Å². The molecule has 5 nitrogen and oxygen atoms in total. The van der Waals surface area contributed by atoms with Gasteiger partial charge in [0.25, 0.3) is 0 Å². The maximum absolute atomic E-state index is 12.1. The van der Waals surface area contributed by atoms with Gasteiger partial charge in [-0.2, -0.15) is 0 Å². The highest BCUT2D eigenvalue weighted by Gasteiger charge is 2.55. The topological polar surface area (TPSA) is 69.6 Å². The number of carbonyl (C=O) groups is 2. The molecule has 2 N–H and O–H groups in total. The van der Waals surface area contributed by atoms with Gasteiger partial charge in [0.2, 0.25) is 5.91 Å². The number of fused-ring (bicyclic) bond motifs is 1. The second kappa shape index (κ2) is 7.45. The van der Waals surface area contributed by atoms with Crippen LogP contribution >= 0.6 is 12.4 Å². The molecule has 6 heteroatoms. The van der Waals surface area contributed by atoms with Crippen molar-refractivity contribution in [2.24, 2.45) is 11.3 Å². The lowest BCUT2D eigenvalue weighted by atomic mass is 9.81. The van der Waals surface area contributed by atoms with E-state index in [9.17, 15) is 14.7 Å². The summed E-state index contributed by atoms with van der Waals surface area (Å²) in [5, 5.41) is 12.5. The second-order valence-corrected chi connectivity index (χ2v) is 6.30. The molecule has 0 spiro atoms. The summed E-state index contributed by atoms with van der Waals surface area (Å²) in [5.41, 5.74) is -0.599. The lowest BCUT2D eigenvalue weighted by Gasteiger charge is -2.26. The molecule has 3 atom stereocenters. The molecule has 2 aliphatic rings. The first-order valence-electron chi connectivity index (χ1n) is 7.76. The lowest BCUT2D eigenvalue weighted by Crippen LogP contribution is -2.46. The second-order valence-electron chi connectivity index (χ2n) is 6.30. The minimum atomic E-state index is -0.680. The van der Waals surface area contributed by atoms with Crippen molar-refractivity contribution in [3.63, 3.8) is 0 Å². The van der Waals surface area contributed by atoms with Crippen LogP contribution in [0.2, 0.25) is 0 Å². The van der Waals surface area contributed by atoms with E-state index in [0.717, 1.165) is 38.6 Å². The quantitative estimate of drug-likeness (QED) is 0.734. The van der Waals surface area contributed by atoms with Crippen LogP contribution in [0.4, 0.5) is 0 Å². The zero-order valence-corrected chi connectivity index (χ0v) is 13.7. The maximum atomic E-state index is 12.1. The van der Waals surface area contributed by atoms with Crippen LogP contribution in [0, 0.1) is 11.3 Å². The highest BCUT2D eigenvalue weighted by Crippen LogP contribution is 2.49. The summed E-state index contributed by atoms with van der Waals surface area (Å²) in [6.07, 6.45) is 4.78. The van der Waals surface area contributed by atoms with Crippen LogP contribution < -0.4 is 5.32 Å². The Morgan fingerprint density at radius 2 is 2.19 bits per heavy atom. The molecule has 1 heterocycles. The number of unbranched alkanes of at least 4 members (excludes halogenated alkanes) is 1. The summed E-state index contributed by atoms with van der Waals surface area (Å²) in [5.74, 6) is -0.439. The van der Waals surface area contributed by atoms with Crippen molar-refractivity contribution in [3.05, 3.63) is 0 Å². The molecule has 2 rings (SSSR count). The van der Waals surface area contributed by atoms with E-state index in [-0.39, 0.29) is 30.3 Å². The molecule has 1 amide bonds. The van der Waals surface area contributed by atoms with Gasteiger partial charge in [-0.1, -0.05) is 19.8 Å². The van der Waals surface area contributed by atoms with Crippen molar-refractivity contribution in [3.8, 4) is 0 Å². The largest absolute Gasteiger partial charge is 0.481 e. The fourth-order valence-electron chi connectivity index (χ4n) is 3.67. The third kappa shape index (κ3) is 3.51. The number of hydrogen-bond acceptors (Lipinski definition) is 3. The van der Waals surface area contributed by atoms with Crippen LogP contribution in [0.5, 0.6) is 0 Å². The molecule has 1 unspecified atom stereocenters. The molecule has 1 saturated carbocycles. The third-order valence-electron chi connectivity index (χ3n) is 5.08. The minimum Gasteiger partial charge on any atom is -0.481 e. The van der Waals surface area contributed by atoms with Crippen LogP contribution in [0.1, 0.15) is 46.0 Å². The van der Waals surface area contributed by atoms with E-state index in [1.807, 2.05) is 6.92 Å². The zero-order valence-electron chi connectivity index (χ0n) is 12.9. The van der Waals surface area contributed by atoms with Gasteiger partial charge in [-0.25, -0.2) is 0 Å². The lowest BCUT2D eigenvalue weighted by molar-refractivity contribution is -0.149. The third-order valence-corrected chi connectivity index (χ3v) is 5.08. The number of carboxylic acids is 1. The molecular formula is C15H27ClN2O3. The van der Waals surface area contributed by atoms with Gasteiger partial charge in [-0.3, -0.25) is 14.5 Å². The van der Waals surface area contributed by atoms with Crippen molar-refractivity contribution >= 4 is 24.3 Å². The number of aliphatic carboxylic acids is 1. The maximum Gasteiger partial charge on any atom is 0.311 e. The van der Waals surface area contributed by atoms with Gasteiger partial charge in [0.15, 0.2) is 0 Å². The smallest absolute Gasteiger partial charge is 0.311 e. The predicted octanol–water partition coefficient (Wildman–Crippen LogP) is 1.90. The van der Waals surface area contributed by atoms with E-state index in [1.54, 1.807) is 0 Å². The highest BCUT2D eigenvalue weighted by atomic mass is 35.5. The number of amides is 1. The summed E-state index contributed by atoms with van der Waals surface area (Å²) in [6, 6.07) is -0.228. The molecule has 0 aromatic rings. The normalized spacial score (nSPS) is 29.5. The van der Waals surface area contributed by atoms with E-state index in [2.05, 4.69) is 17.1 Å². The standard InChI is InChI=1S/C15H26N2O3.ClH/c1-3-4-8-16-13(18)11(2)17-9-12-6-5-7-15(12,10-17)14(19)20;/h11-12H,3-10H2,1-2H3,(H,16,18)(H,19,20);1H/t11?,12-,15+;/m0./s1. The van der Waals surface area contributed by atoms with E-state index in [0.29, 0.717) is 13.1 Å². The van der Waals surface area contributed by atoms with Crippen LogP contribution in [0.3, 0.4) is 0 Å². The van der Waals surface area contributed by atoms with Crippen LogP contribution in [0.15, 0.2) is 0 Å². The minimum absolute atomic E-state index is 0. The Labute approximate surface area is 132 Å². The van der Waals surface area contributed by atoms with Gasteiger partial charge < -0.3 is 10.4 Å². The van der Waals surface area contributed by atoms with Crippen molar-refractivity contribution < 1.29 is 14.7 Å². The number of nitrogens with one attached hydrogen (secondary N) is 1. The molecular weight excluding hydrogens is 292 g/mol. The first kappa shape index (κ1) is 18.2. The molecule has 1 saturated heterocycles. The Hall–Kier alpha value is -0.810. The van der Waals surface area contributed by atoms with E-state index < -0.39 is 11.4 Å². The fourth-order valence-corrected chi connectivity index (χ4v) is 3.67. The Morgan fingerprint density at radius 1 is 1.48 bits per heavy atom. The Morgan fingerprint density at radius 3 is 2.76 bits per heavy atom. The number of hydrogen-bond donors (Lipinski definition) is 2. The number of likely N-dealkylation sites (tertiary alicyclic amines) is 1. The number of halogens is 1. The number of nitrogens with zero attached hydrogens (tertiary/aromatic N) is 1. The number of rotatable bonds is 6. The van der Waals surface area contributed by atoms with Gasteiger partial charge in [-0.15, -0.1) is 12.4 Å². The molecule has 1 aliphatic heterocycles. The first-order valence-corrected chi connectivity index (χ1v) is 7.76. The van der Waals surface area contributed by atoms with Crippen LogP contribution in [-0.4, -0.2) is 47.6 Å². The molecule has 21 heavy (non-hydrogen) atoms. The first-order chi connectivity index (χ1) is 9.51. The van der Waals surface area contributed by atoms with Gasteiger partial charge in [0, 0.05) is 19.6 Å². The van der Waals surface area contributed by atoms with E-state index in [1.165, 1.54) is 0 Å². The highest BCUT2D eigenvalue weighted by molar-refractivity contribution is 5.85. The average Bonchev–Trinajstić information content (AvgIpc) is 2.95. The van der Waals surface area contributed by atoms with E-state index in [4.69, 9.17) is 0 Å². The Kier molecular flexibility index (Phi) is 6.47. The van der Waals surface area contributed by atoms with Crippen LogP contribution in [-0.2, 0) is 9.59 Å². The average molecular weight is 319 g/mol. The van der Waals surface area contributed by atoms with Gasteiger partial charge >= 0.3 is 5.97 Å². The monoisotopic (exact) mass is 318 g/mol. The summed E-state index contributed by atoms with van der Waals surface area (Å²) in [4.78, 5) is 25.8. The summed E-state index contributed by atoms with van der Waals surface area (Å²) >= 11 is 0.